The molecule has 2 rings (SSSR count). The average molecular weight is 247 g/mol. The quantitative estimate of drug-likeness (QED) is 0.891. The molecule has 3 nitrogen and oxygen atoms in total. The van der Waals surface area contributed by atoms with E-state index in [1.807, 2.05) is 13.8 Å². The Balaban J connectivity index is 2.14. The van der Waals surface area contributed by atoms with Gasteiger partial charge in [0, 0.05) is 6.04 Å². The summed E-state index contributed by atoms with van der Waals surface area (Å²) in [6.07, 6.45) is 6.53. The Morgan fingerprint density at radius 3 is 2.83 bits per heavy atom. The average Bonchev–Trinajstić information content (AvgIpc) is 2.41. The van der Waals surface area contributed by atoms with E-state index in [1.165, 1.54) is 37.7 Å². The lowest BCUT2D eigenvalue weighted by atomic mass is 9.75. The SMILES string of the molecule is CCC1CCCC(C(N)c2cc(C)nnc2C)C1. The van der Waals surface area contributed by atoms with Gasteiger partial charge in [0.05, 0.1) is 11.4 Å². The van der Waals surface area contributed by atoms with Gasteiger partial charge < -0.3 is 5.73 Å². The van der Waals surface area contributed by atoms with E-state index in [2.05, 4.69) is 23.2 Å². The Bertz CT molecular complexity index is 403. The van der Waals surface area contributed by atoms with Gasteiger partial charge in [-0.25, -0.2) is 0 Å². The predicted octanol–water partition coefficient (Wildman–Crippen LogP) is 3.31. The van der Waals surface area contributed by atoms with Gasteiger partial charge in [0.2, 0.25) is 0 Å². The molecule has 3 atom stereocenters. The fourth-order valence-electron chi connectivity index (χ4n) is 3.19. The lowest BCUT2D eigenvalue weighted by Gasteiger charge is -2.33. The molecule has 1 saturated carbocycles. The van der Waals surface area contributed by atoms with Crippen LogP contribution in [-0.2, 0) is 0 Å². The van der Waals surface area contributed by atoms with Crippen LogP contribution in [-0.4, -0.2) is 10.2 Å². The van der Waals surface area contributed by atoms with Crippen LogP contribution in [0.3, 0.4) is 0 Å². The minimum Gasteiger partial charge on any atom is -0.324 e. The molecule has 3 heteroatoms. The summed E-state index contributed by atoms with van der Waals surface area (Å²) < 4.78 is 0. The van der Waals surface area contributed by atoms with Gasteiger partial charge in [0.15, 0.2) is 0 Å². The van der Waals surface area contributed by atoms with Crippen LogP contribution >= 0.6 is 0 Å². The maximum Gasteiger partial charge on any atom is 0.0648 e. The molecule has 0 amide bonds. The van der Waals surface area contributed by atoms with Crippen molar-refractivity contribution < 1.29 is 0 Å². The van der Waals surface area contributed by atoms with Crippen LogP contribution in [0.4, 0.5) is 0 Å². The Morgan fingerprint density at radius 2 is 2.11 bits per heavy atom. The molecule has 0 saturated heterocycles. The topological polar surface area (TPSA) is 51.8 Å². The molecule has 1 aliphatic rings. The molecule has 0 spiro atoms. The normalized spacial score (nSPS) is 26.0. The van der Waals surface area contributed by atoms with E-state index in [0.29, 0.717) is 5.92 Å². The smallest absolute Gasteiger partial charge is 0.0648 e. The maximum absolute atomic E-state index is 6.49. The van der Waals surface area contributed by atoms with E-state index >= 15 is 0 Å². The molecule has 1 heterocycles. The highest BCUT2D eigenvalue weighted by Gasteiger charge is 2.27. The first-order chi connectivity index (χ1) is 8.61. The fraction of sp³-hybridized carbons (Fsp3) is 0.733. The molecular formula is C15H25N3. The first-order valence-corrected chi connectivity index (χ1v) is 7.18. The zero-order valence-corrected chi connectivity index (χ0v) is 11.8. The van der Waals surface area contributed by atoms with Crippen molar-refractivity contribution >= 4 is 0 Å². The largest absolute Gasteiger partial charge is 0.324 e. The molecule has 2 N–H and O–H groups in total. The van der Waals surface area contributed by atoms with Gasteiger partial charge in [0.1, 0.15) is 0 Å². The minimum atomic E-state index is 0.133. The monoisotopic (exact) mass is 247 g/mol. The van der Waals surface area contributed by atoms with E-state index in [4.69, 9.17) is 5.73 Å². The molecule has 100 valence electrons. The van der Waals surface area contributed by atoms with Gasteiger partial charge in [-0.1, -0.05) is 26.2 Å². The second-order valence-corrected chi connectivity index (χ2v) is 5.75. The van der Waals surface area contributed by atoms with E-state index in [1.54, 1.807) is 0 Å². The lowest BCUT2D eigenvalue weighted by molar-refractivity contribution is 0.229. The van der Waals surface area contributed by atoms with Crippen molar-refractivity contribution in [1.29, 1.82) is 0 Å². The minimum absolute atomic E-state index is 0.133. The molecule has 1 aliphatic carbocycles. The van der Waals surface area contributed by atoms with E-state index in [0.717, 1.165) is 17.3 Å². The van der Waals surface area contributed by atoms with Crippen molar-refractivity contribution in [3.8, 4) is 0 Å². The summed E-state index contributed by atoms with van der Waals surface area (Å²) in [5, 5.41) is 8.30. The van der Waals surface area contributed by atoms with Crippen molar-refractivity contribution in [1.82, 2.24) is 10.2 Å². The van der Waals surface area contributed by atoms with Gasteiger partial charge >= 0.3 is 0 Å². The highest BCUT2D eigenvalue weighted by atomic mass is 15.1. The zero-order valence-electron chi connectivity index (χ0n) is 11.8. The van der Waals surface area contributed by atoms with E-state index in [-0.39, 0.29) is 6.04 Å². The summed E-state index contributed by atoms with van der Waals surface area (Å²) in [5.74, 6) is 1.48. The molecule has 1 aromatic heterocycles. The third kappa shape index (κ3) is 2.89. The summed E-state index contributed by atoms with van der Waals surface area (Å²) in [5.41, 5.74) is 9.65. The number of aromatic nitrogens is 2. The second-order valence-electron chi connectivity index (χ2n) is 5.75. The van der Waals surface area contributed by atoms with Crippen LogP contribution in [0.2, 0.25) is 0 Å². The Hall–Kier alpha value is -0.960. The van der Waals surface area contributed by atoms with Crippen molar-refractivity contribution in [2.45, 2.75) is 58.9 Å². The highest BCUT2D eigenvalue weighted by molar-refractivity contribution is 5.24. The third-order valence-corrected chi connectivity index (χ3v) is 4.41. The number of rotatable bonds is 3. The second kappa shape index (κ2) is 5.79. The van der Waals surface area contributed by atoms with Gasteiger partial charge in [0.25, 0.3) is 0 Å². The van der Waals surface area contributed by atoms with Gasteiger partial charge in [-0.2, -0.15) is 10.2 Å². The fourth-order valence-corrected chi connectivity index (χ4v) is 3.19. The van der Waals surface area contributed by atoms with Gasteiger partial charge in [-0.3, -0.25) is 0 Å². The Kier molecular flexibility index (Phi) is 4.33. The summed E-state index contributed by atoms with van der Waals surface area (Å²) in [6, 6.07) is 2.25. The van der Waals surface area contributed by atoms with Crippen molar-refractivity contribution in [3.05, 3.63) is 23.0 Å². The molecule has 0 bridgehead atoms. The molecule has 3 unspecified atom stereocenters. The van der Waals surface area contributed by atoms with Crippen LogP contribution in [0.15, 0.2) is 6.07 Å². The molecule has 18 heavy (non-hydrogen) atoms. The number of nitrogens with two attached hydrogens (primary N) is 1. The number of hydrogen-bond donors (Lipinski definition) is 1. The molecular weight excluding hydrogens is 222 g/mol. The van der Waals surface area contributed by atoms with Crippen LogP contribution < -0.4 is 5.73 Å². The predicted molar refractivity (Wildman–Crippen MR) is 74.2 cm³/mol. The van der Waals surface area contributed by atoms with E-state index < -0.39 is 0 Å². The number of hydrogen-bond acceptors (Lipinski definition) is 3. The van der Waals surface area contributed by atoms with Crippen LogP contribution in [0.1, 0.15) is 62.0 Å². The standard InChI is InChI=1S/C15H25N3/c1-4-12-6-5-7-13(9-12)15(16)14-8-10(2)17-18-11(14)3/h8,12-13,15H,4-7,9,16H2,1-3H3. The maximum atomic E-state index is 6.49. The van der Waals surface area contributed by atoms with Crippen molar-refractivity contribution in [3.63, 3.8) is 0 Å². The Labute approximate surface area is 110 Å². The lowest BCUT2D eigenvalue weighted by Crippen LogP contribution is -2.27. The van der Waals surface area contributed by atoms with Crippen molar-refractivity contribution in [2.75, 3.05) is 0 Å². The molecule has 1 aromatic rings. The first kappa shape index (κ1) is 13.5. The molecule has 0 radical (unpaired) electrons. The molecule has 0 aromatic carbocycles. The van der Waals surface area contributed by atoms with Crippen molar-refractivity contribution in [2.24, 2.45) is 17.6 Å². The molecule has 0 aliphatic heterocycles. The summed E-state index contributed by atoms with van der Waals surface area (Å²) in [6.45, 7) is 6.29. The van der Waals surface area contributed by atoms with Gasteiger partial charge in [-0.05, 0) is 50.2 Å². The molecule has 1 fully saturated rings. The third-order valence-electron chi connectivity index (χ3n) is 4.41. The summed E-state index contributed by atoms with van der Waals surface area (Å²) >= 11 is 0. The highest BCUT2D eigenvalue weighted by Crippen LogP contribution is 2.37. The van der Waals surface area contributed by atoms with Gasteiger partial charge in [-0.15, -0.1) is 0 Å². The number of aryl methyl sites for hydroxylation is 2. The van der Waals surface area contributed by atoms with E-state index in [9.17, 15) is 0 Å². The Morgan fingerprint density at radius 1 is 1.33 bits per heavy atom. The summed E-state index contributed by atoms with van der Waals surface area (Å²) in [7, 11) is 0. The van der Waals surface area contributed by atoms with Crippen LogP contribution in [0.5, 0.6) is 0 Å². The first-order valence-electron chi connectivity index (χ1n) is 7.18. The zero-order chi connectivity index (χ0) is 13.1. The van der Waals surface area contributed by atoms with Crippen LogP contribution in [0, 0.1) is 25.7 Å². The van der Waals surface area contributed by atoms with Crippen LogP contribution in [0.25, 0.3) is 0 Å². The summed E-state index contributed by atoms with van der Waals surface area (Å²) in [4.78, 5) is 0. The number of nitrogens with zero attached hydrogens (tertiary/aromatic N) is 2.